The molecule has 0 aromatic carbocycles. The van der Waals surface area contributed by atoms with Gasteiger partial charge < -0.3 is 9.53 Å². The molecule has 66 valence electrons. The Morgan fingerprint density at radius 1 is 1.67 bits per heavy atom. The van der Waals surface area contributed by atoms with Crippen molar-refractivity contribution in [1.82, 2.24) is 0 Å². The molecule has 0 radical (unpaired) electrons. The predicted octanol–water partition coefficient (Wildman–Crippen LogP) is 1.23. The average molecular weight is 168 g/mol. The first-order chi connectivity index (χ1) is 5.74. The maximum Gasteiger partial charge on any atom is 0.334 e. The lowest BCUT2D eigenvalue weighted by Crippen LogP contribution is -2.03. The summed E-state index contributed by atoms with van der Waals surface area (Å²) in [5.41, 5.74) is 0.712. The molecule has 1 aliphatic rings. The van der Waals surface area contributed by atoms with Crippen LogP contribution in [0.2, 0.25) is 0 Å². The first kappa shape index (κ1) is 8.97. The fourth-order valence-corrected chi connectivity index (χ4v) is 1.19. The van der Waals surface area contributed by atoms with Gasteiger partial charge in [-0.25, -0.2) is 4.79 Å². The zero-order valence-corrected chi connectivity index (χ0v) is 7.08. The van der Waals surface area contributed by atoms with Gasteiger partial charge in [0.25, 0.3) is 0 Å². The van der Waals surface area contributed by atoms with Gasteiger partial charge in [0.2, 0.25) is 0 Å². The monoisotopic (exact) mass is 168 g/mol. The van der Waals surface area contributed by atoms with E-state index in [-0.39, 0.29) is 12.1 Å². The molecule has 12 heavy (non-hydrogen) atoms. The Bertz CT molecular complexity index is 218. The smallest absolute Gasteiger partial charge is 0.334 e. The molecule has 3 nitrogen and oxygen atoms in total. The average Bonchev–Trinajstić information content (AvgIpc) is 2.31. The second-order valence-corrected chi connectivity index (χ2v) is 2.86. The van der Waals surface area contributed by atoms with Crippen molar-refractivity contribution in [3.63, 3.8) is 0 Å². The molecule has 0 saturated heterocycles. The summed E-state index contributed by atoms with van der Waals surface area (Å²) < 4.78 is 4.88. The van der Waals surface area contributed by atoms with Crippen molar-refractivity contribution in [3.8, 4) is 0 Å². The largest absolute Gasteiger partial charge is 0.455 e. The van der Waals surface area contributed by atoms with Gasteiger partial charge in [-0.15, -0.1) is 0 Å². The predicted molar refractivity (Wildman–Crippen MR) is 43.6 cm³/mol. The quantitative estimate of drug-likeness (QED) is 0.360. The summed E-state index contributed by atoms with van der Waals surface area (Å²) in [7, 11) is 0. The van der Waals surface area contributed by atoms with Crippen LogP contribution in [-0.2, 0) is 14.3 Å². The number of aldehydes is 1. The van der Waals surface area contributed by atoms with Crippen molar-refractivity contribution < 1.29 is 14.3 Å². The molecule has 0 spiro atoms. The minimum absolute atomic E-state index is 0.0938. The molecule has 1 aliphatic heterocycles. The Morgan fingerprint density at radius 3 is 2.92 bits per heavy atom. The van der Waals surface area contributed by atoms with E-state index < -0.39 is 0 Å². The molecule has 0 saturated carbocycles. The number of carbonyl (C=O) groups excluding carboxylic acids is 2. The van der Waals surface area contributed by atoms with Crippen LogP contribution >= 0.6 is 0 Å². The standard InChI is InChI=1S/C9H12O3/c1-7-6-8(9(11)12-7)4-2-3-5-10/h5-7H,2-4H2,1H3/t7-/m0/s1. The van der Waals surface area contributed by atoms with E-state index in [1.165, 1.54) is 0 Å². The third-order valence-electron chi connectivity index (χ3n) is 1.76. The fraction of sp³-hybridized carbons (Fsp3) is 0.556. The van der Waals surface area contributed by atoms with Crippen molar-refractivity contribution in [2.24, 2.45) is 0 Å². The van der Waals surface area contributed by atoms with Gasteiger partial charge in [-0.3, -0.25) is 0 Å². The summed E-state index contributed by atoms with van der Waals surface area (Å²) in [6.07, 6.45) is 4.49. The van der Waals surface area contributed by atoms with E-state index in [0.29, 0.717) is 18.4 Å². The Labute approximate surface area is 71.4 Å². The third-order valence-corrected chi connectivity index (χ3v) is 1.76. The molecule has 3 heteroatoms. The molecular formula is C9H12O3. The van der Waals surface area contributed by atoms with E-state index >= 15 is 0 Å². The number of esters is 1. The summed E-state index contributed by atoms with van der Waals surface area (Å²) in [4.78, 5) is 21.0. The van der Waals surface area contributed by atoms with Gasteiger partial charge in [-0.1, -0.05) is 0 Å². The molecule has 1 atom stereocenters. The van der Waals surface area contributed by atoms with Crippen LogP contribution in [-0.4, -0.2) is 18.4 Å². The van der Waals surface area contributed by atoms with Crippen LogP contribution in [0.25, 0.3) is 0 Å². The van der Waals surface area contributed by atoms with E-state index in [4.69, 9.17) is 4.74 Å². The van der Waals surface area contributed by atoms with Crippen LogP contribution in [0.4, 0.5) is 0 Å². The summed E-state index contributed by atoms with van der Waals surface area (Å²) >= 11 is 0. The van der Waals surface area contributed by atoms with Gasteiger partial charge >= 0.3 is 5.97 Å². The van der Waals surface area contributed by atoms with Crippen molar-refractivity contribution in [1.29, 1.82) is 0 Å². The summed E-state index contributed by atoms with van der Waals surface area (Å²) in [6.45, 7) is 1.82. The van der Waals surface area contributed by atoms with E-state index in [0.717, 1.165) is 12.7 Å². The van der Waals surface area contributed by atoms with Gasteiger partial charge in [0.15, 0.2) is 0 Å². The van der Waals surface area contributed by atoms with E-state index in [2.05, 4.69) is 0 Å². The molecule has 0 fully saturated rings. The molecule has 0 unspecified atom stereocenters. The van der Waals surface area contributed by atoms with Crippen LogP contribution in [0, 0.1) is 0 Å². The second kappa shape index (κ2) is 4.04. The van der Waals surface area contributed by atoms with Crippen molar-refractivity contribution >= 4 is 12.3 Å². The minimum Gasteiger partial charge on any atom is -0.455 e. The van der Waals surface area contributed by atoms with Gasteiger partial charge in [-0.05, 0) is 25.8 Å². The molecule has 0 bridgehead atoms. The van der Waals surface area contributed by atoms with Crippen LogP contribution in [0.1, 0.15) is 26.2 Å². The molecule has 0 aromatic rings. The highest BCUT2D eigenvalue weighted by Gasteiger charge is 2.20. The zero-order valence-electron chi connectivity index (χ0n) is 7.08. The van der Waals surface area contributed by atoms with E-state index in [9.17, 15) is 9.59 Å². The lowest BCUT2D eigenvalue weighted by Gasteiger charge is -1.98. The lowest BCUT2D eigenvalue weighted by molar-refractivity contribution is -0.139. The maximum absolute atomic E-state index is 11.0. The summed E-state index contributed by atoms with van der Waals surface area (Å²) in [5, 5.41) is 0. The number of ether oxygens (including phenoxy) is 1. The molecule has 0 amide bonds. The normalized spacial score (nSPS) is 21.9. The van der Waals surface area contributed by atoms with Gasteiger partial charge in [0.1, 0.15) is 12.4 Å². The first-order valence-electron chi connectivity index (χ1n) is 4.09. The summed E-state index contributed by atoms with van der Waals surface area (Å²) in [5.74, 6) is -0.228. The topological polar surface area (TPSA) is 43.4 Å². The van der Waals surface area contributed by atoms with E-state index in [1.807, 2.05) is 13.0 Å². The minimum atomic E-state index is -0.228. The Hall–Kier alpha value is -1.12. The highest BCUT2D eigenvalue weighted by molar-refractivity contribution is 5.90. The number of hydrogen-bond donors (Lipinski definition) is 0. The SMILES string of the molecule is C[C@H]1C=C(CCCC=O)C(=O)O1. The first-order valence-corrected chi connectivity index (χ1v) is 4.09. The Kier molecular flexibility index (Phi) is 3.02. The van der Waals surface area contributed by atoms with Crippen LogP contribution in [0.3, 0.4) is 0 Å². The Morgan fingerprint density at radius 2 is 2.42 bits per heavy atom. The van der Waals surface area contributed by atoms with Crippen molar-refractivity contribution in [2.45, 2.75) is 32.3 Å². The third kappa shape index (κ3) is 2.19. The van der Waals surface area contributed by atoms with Crippen LogP contribution in [0.5, 0.6) is 0 Å². The molecular weight excluding hydrogens is 156 g/mol. The highest BCUT2D eigenvalue weighted by Crippen LogP contribution is 2.17. The highest BCUT2D eigenvalue weighted by atomic mass is 16.5. The summed E-state index contributed by atoms with van der Waals surface area (Å²) in [6, 6.07) is 0. The van der Waals surface area contributed by atoms with Crippen molar-refractivity contribution in [3.05, 3.63) is 11.6 Å². The van der Waals surface area contributed by atoms with Crippen LogP contribution in [0.15, 0.2) is 11.6 Å². The van der Waals surface area contributed by atoms with Gasteiger partial charge in [0, 0.05) is 12.0 Å². The van der Waals surface area contributed by atoms with Crippen molar-refractivity contribution in [2.75, 3.05) is 0 Å². The van der Waals surface area contributed by atoms with Gasteiger partial charge in [-0.2, -0.15) is 0 Å². The number of hydrogen-bond acceptors (Lipinski definition) is 3. The zero-order chi connectivity index (χ0) is 8.97. The molecule has 0 N–H and O–H groups in total. The van der Waals surface area contributed by atoms with E-state index in [1.54, 1.807) is 0 Å². The molecule has 1 rings (SSSR count). The Balaban J connectivity index is 2.36. The molecule has 0 aliphatic carbocycles. The number of carbonyl (C=O) groups is 2. The van der Waals surface area contributed by atoms with Crippen LogP contribution < -0.4 is 0 Å². The second-order valence-electron chi connectivity index (χ2n) is 2.86. The number of unbranched alkanes of at least 4 members (excludes halogenated alkanes) is 1. The maximum atomic E-state index is 11.0. The molecule has 0 aromatic heterocycles. The lowest BCUT2D eigenvalue weighted by atomic mass is 10.1. The molecule has 1 heterocycles. The number of cyclic esters (lactones) is 1. The fourth-order valence-electron chi connectivity index (χ4n) is 1.19. The van der Waals surface area contributed by atoms with Gasteiger partial charge in [0.05, 0.1) is 0 Å². The number of rotatable bonds is 4.